The lowest BCUT2D eigenvalue weighted by molar-refractivity contribution is -0.116. The van der Waals surface area contributed by atoms with E-state index in [0.29, 0.717) is 23.5 Å². The van der Waals surface area contributed by atoms with E-state index in [1.165, 1.54) is 0 Å². The van der Waals surface area contributed by atoms with Gasteiger partial charge in [-0.05, 0) is 42.8 Å². The van der Waals surface area contributed by atoms with Gasteiger partial charge in [-0.2, -0.15) is 5.10 Å². The maximum atomic E-state index is 12.2. The number of fused-ring (bicyclic) bond motifs is 2. The number of hydrogen-bond acceptors (Lipinski definition) is 5. The number of para-hydroxylation sites is 1. The number of rotatable bonds is 7. The smallest absolute Gasteiger partial charge is 0.224 e. The fourth-order valence-corrected chi connectivity index (χ4v) is 4.34. The quantitative estimate of drug-likeness (QED) is 0.242. The van der Waals surface area contributed by atoms with Gasteiger partial charge in [0.05, 0.1) is 34.8 Å². The molecule has 36 heavy (non-hydrogen) atoms. The Balaban J connectivity index is 1.37. The van der Waals surface area contributed by atoms with Crippen LogP contribution in [0.4, 0.5) is 5.69 Å². The summed E-state index contributed by atoms with van der Waals surface area (Å²) in [6, 6.07) is 19.5. The molecule has 0 saturated carbocycles. The molecule has 0 aliphatic heterocycles. The standard InChI is InChI=1S/C28H24N6O2/c1-2-3-10-24(35)29-19-7-4-6-17(15-19)21-11-12-23-26(30-21)27(34-33-23)28-31-22-9-5-8-20(25(22)32-28)18-13-14-36-16-18/h4-9,11-16H,2-3,10H2,1H3,(H,29,35)(H,31,32)(H,33,34). The molecular formula is C28H24N6O2. The molecule has 0 fully saturated rings. The number of nitrogens with one attached hydrogen (secondary N) is 3. The first-order chi connectivity index (χ1) is 17.7. The molecule has 0 saturated heterocycles. The lowest BCUT2D eigenvalue weighted by Gasteiger charge is -2.07. The van der Waals surface area contributed by atoms with Gasteiger partial charge in [0.15, 0.2) is 11.5 Å². The highest BCUT2D eigenvalue weighted by molar-refractivity contribution is 5.96. The second-order valence-electron chi connectivity index (χ2n) is 8.70. The molecule has 8 heteroatoms. The van der Waals surface area contributed by atoms with Crippen molar-refractivity contribution in [2.75, 3.05) is 5.32 Å². The predicted octanol–water partition coefficient (Wildman–Crippen LogP) is 6.56. The fraction of sp³-hybridized carbons (Fsp3) is 0.143. The Kier molecular flexibility index (Phi) is 5.53. The summed E-state index contributed by atoms with van der Waals surface area (Å²) in [6.45, 7) is 2.07. The van der Waals surface area contributed by atoms with E-state index >= 15 is 0 Å². The number of carbonyl (C=O) groups excluding carboxylic acids is 1. The Morgan fingerprint density at radius 3 is 2.75 bits per heavy atom. The molecule has 0 bridgehead atoms. The van der Waals surface area contributed by atoms with Gasteiger partial charge in [0.25, 0.3) is 0 Å². The molecule has 0 unspecified atom stereocenters. The van der Waals surface area contributed by atoms with E-state index in [-0.39, 0.29) is 5.91 Å². The Labute approximate surface area is 206 Å². The lowest BCUT2D eigenvalue weighted by atomic mass is 10.1. The molecule has 178 valence electrons. The van der Waals surface area contributed by atoms with Crippen molar-refractivity contribution in [2.24, 2.45) is 0 Å². The molecule has 4 heterocycles. The average Bonchev–Trinajstić information content (AvgIpc) is 3.66. The number of nitrogens with zero attached hydrogens (tertiary/aromatic N) is 3. The number of carbonyl (C=O) groups is 1. The summed E-state index contributed by atoms with van der Waals surface area (Å²) in [5, 5.41) is 10.6. The molecule has 4 aromatic heterocycles. The van der Waals surface area contributed by atoms with Crippen molar-refractivity contribution in [3.8, 4) is 33.9 Å². The van der Waals surface area contributed by atoms with Crippen LogP contribution in [-0.2, 0) is 4.79 Å². The van der Waals surface area contributed by atoms with Crippen LogP contribution in [0, 0.1) is 0 Å². The van der Waals surface area contributed by atoms with Crippen LogP contribution in [0.25, 0.3) is 56.0 Å². The van der Waals surface area contributed by atoms with E-state index in [0.717, 1.165) is 57.5 Å². The summed E-state index contributed by atoms with van der Waals surface area (Å²) >= 11 is 0. The first-order valence-corrected chi connectivity index (χ1v) is 12.0. The van der Waals surface area contributed by atoms with Crippen LogP contribution < -0.4 is 5.32 Å². The Morgan fingerprint density at radius 2 is 1.89 bits per heavy atom. The number of imidazole rings is 1. The maximum absolute atomic E-state index is 12.2. The molecule has 0 spiro atoms. The van der Waals surface area contributed by atoms with Crippen LogP contribution in [0.5, 0.6) is 0 Å². The van der Waals surface area contributed by atoms with Crippen LogP contribution >= 0.6 is 0 Å². The molecule has 2 aromatic carbocycles. The SMILES string of the molecule is CCCCC(=O)Nc1cccc(-c2ccc3[nH]nc(-c4nc5c(-c6ccoc6)cccc5[nH]4)c3n2)c1. The van der Waals surface area contributed by atoms with Crippen LogP contribution in [0.15, 0.2) is 77.6 Å². The largest absolute Gasteiger partial charge is 0.472 e. The number of benzene rings is 2. The van der Waals surface area contributed by atoms with Crippen LogP contribution in [0.2, 0.25) is 0 Å². The second-order valence-corrected chi connectivity index (χ2v) is 8.70. The van der Waals surface area contributed by atoms with Gasteiger partial charge in [-0.1, -0.05) is 37.6 Å². The van der Waals surface area contributed by atoms with Gasteiger partial charge in [-0.3, -0.25) is 9.89 Å². The van der Waals surface area contributed by atoms with Crippen LogP contribution in [-0.4, -0.2) is 31.1 Å². The van der Waals surface area contributed by atoms with Gasteiger partial charge in [-0.15, -0.1) is 0 Å². The number of H-pyrrole nitrogens is 2. The number of aromatic nitrogens is 5. The lowest BCUT2D eigenvalue weighted by Crippen LogP contribution is -2.10. The summed E-state index contributed by atoms with van der Waals surface area (Å²) in [5.74, 6) is 0.656. The summed E-state index contributed by atoms with van der Waals surface area (Å²) in [4.78, 5) is 25.3. The minimum atomic E-state index is 0.0224. The number of anilines is 1. The highest BCUT2D eigenvalue weighted by Crippen LogP contribution is 2.32. The molecule has 0 radical (unpaired) electrons. The monoisotopic (exact) mass is 476 g/mol. The molecule has 0 atom stereocenters. The predicted molar refractivity (Wildman–Crippen MR) is 140 cm³/mol. The van der Waals surface area contributed by atoms with Gasteiger partial charge >= 0.3 is 0 Å². The van der Waals surface area contributed by atoms with Crippen molar-refractivity contribution in [3.05, 3.63) is 73.2 Å². The third kappa shape index (κ3) is 4.02. The van der Waals surface area contributed by atoms with Gasteiger partial charge in [0.2, 0.25) is 5.91 Å². The molecule has 0 aliphatic carbocycles. The van der Waals surface area contributed by atoms with E-state index in [2.05, 4.69) is 27.4 Å². The molecule has 6 rings (SSSR count). The summed E-state index contributed by atoms with van der Waals surface area (Å²) in [5.41, 5.74) is 8.31. The first-order valence-electron chi connectivity index (χ1n) is 12.0. The number of unbranched alkanes of at least 4 members (excludes halogenated alkanes) is 1. The van der Waals surface area contributed by atoms with Crippen molar-refractivity contribution in [3.63, 3.8) is 0 Å². The van der Waals surface area contributed by atoms with E-state index in [4.69, 9.17) is 14.4 Å². The zero-order valence-electron chi connectivity index (χ0n) is 19.7. The van der Waals surface area contributed by atoms with Crippen molar-refractivity contribution in [2.45, 2.75) is 26.2 Å². The molecule has 3 N–H and O–H groups in total. The highest BCUT2D eigenvalue weighted by Gasteiger charge is 2.17. The van der Waals surface area contributed by atoms with Crippen LogP contribution in [0.1, 0.15) is 26.2 Å². The van der Waals surface area contributed by atoms with Crippen molar-refractivity contribution >= 4 is 33.7 Å². The third-order valence-corrected chi connectivity index (χ3v) is 6.18. The second kappa shape index (κ2) is 9.14. The molecule has 6 aromatic rings. The summed E-state index contributed by atoms with van der Waals surface area (Å²) in [7, 11) is 0. The van der Waals surface area contributed by atoms with Crippen molar-refractivity contribution < 1.29 is 9.21 Å². The number of furan rings is 1. The van der Waals surface area contributed by atoms with Gasteiger partial charge in [0, 0.05) is 28.8 Å². The van der Waals surface area contributed by atoms with Crippen molar-refractivity contribution in [1.29, 1.82) is 0 Å². The highest BCUT2D eigenvalue weighted by atomic mass is 16.3. The number of hydrogen-bond donors (Lipinski definition) is 3. The minimum Gasteiger partial charge on any atom is -0.472 e. The summed E-state index contributed by atoms with van der Waals surface area (Å²) < 4.78 is 5.27. The fourth-order valence-electron chi connectivity index (χ4n) is 4.34. The molecule has 8 nitrogen and oxygen atoms in total. The third-order valence-electron chi connectivity index (χ3n) is 6.18. The average molecular weight is 477 g/mol. The molecule has 1 amide bonds. The Morgan fingerprint density at radius 1 is 0.972 bits per heavy atom. The van der Waals surface area contributed by atoms with Gasteiger partial charge < -0.3 is 14.7 Å². The van der Waals surface area contributed by atoms with Crippen LogP contribution in [0.3, 0.4) is 0 Å². The summed E-state index contributed by atoms with van der Waals surface area (Å²) in [6.07, 6.45) is 5.74. The number of aromatic amines is 2. The topological polar surface area (TPSA) is 112 Å². The van der Waals surface area contributed by atoms with Gasteiger partial charge in [0.1, 0.15) is 5.52 Å². The van der Waals surface area contributed by atoms with E-state index in [9.17, 15) is 4.79 Å². The zero-order valence-corrected chi connectivity index (χ0v) is 19.7. The van der Waals surface area contributed by atoms with Gasteiger partial charge in [-0.25, -0.2) is 9.97 Å². The Bertz CT molecular complexity index is 1680. The van der Waals surface area contributed by atoms with E-state index < -0.39 is 0 Å². The normalized spacial score (nSPS) is 11.4. The van der Waals surface area contributed by atoms with Crippen molar-refractivity contribution in [1.82, 2.24) is 25.1 Å². The minimum absolute atomic E-state index is 0.0224. The zero-order chi connectivity index (χ0) is 24.5. The maximum Gasteiger partial charge on any atom is 0.224 e. The number of amides is 1. The molecule has 0 aliphatic rings. The first kappa shape index (κ1) is 21.8. The Hall–Kier alpha value is -4.72. The molecular weight excluding hydrogens is 452 g/mol. The van der Waals surface area contributed by atoms with E-state index in [1.54, 1.807) is 12.5 Å². The number of pyridine rings is 1. The van der Waals surface area contributed by atoms with E-state index in [1.807, 2.05) is 60.7 Å².